The van der Waals surface area contributed by atoms with E-state index in [9.17, 15) is 4.79 Å². The minimum absolute atomic E-state index is 0.297. The molecule has 3 rings (SSSR count). The molecule has 0 spiro atoms. The molecule has 0 radical (unpaired) electrons. The Morgan fingerprint density at radius 1 is 1.22 bits per heavy atom. The molecule has 174 valence electrons. The number of fused-ring (bicyclic) bond motifs is 3. The van der Waals surface area contributed by atoms with Crippen LogP contribution in [0.4, 0.5) is 4.79 Å². The van der Waals surface area contributed by atoms with Crippen molar-refractivity contribution in [3.05, 3.63) is 30.2 Å². The SMILES string of the molecule is COCCC(C)Cc1nc2cc(OCCCOC(=O)NC(C)(C)C)ccc2c2nc[nH]c12. The van der Waals surface area contributed by atoms with Gasteiger partial charge in [0.25, 0.3) is 0 Å². The summed E-state index contributed by atoms with van der Waals surface area (Å²) < 4.78 is 16.3. The van der Waals surface area contributed by atoms with E-state index in [1.165, 1.54) is 0 Å². The van der Waals surface area contributed by atoms with Crippen LogP contribution in [0, 0.1) is 5.92 Å². The highest BCUT2D eigenvalue weighted by Gasteiger charge is 2.15. The van der Waals surface area contributed by atoms with Crippen molar-refractivity contribution < 1.29 is 19.0 Å². The number of amides is 1. The van der Waals surface area contributed by atoms with Crippen molar-refractivity contribution in [1.82, 2.24) is 20.3 Å². The molecule has 0 saturated carbocycles. The molecule has 2 N–H and O–H groups in total. The summed E-state index contributed by atoms with van der Waals surface area (Å²) in [7, 11) is 1.72. The minimum atomic E-state index is -0.414. The molecule has 2 heterocycles. The third-order valence-corrected chi connectivity index (χ3v) is 5.03. The maximum absolute atomic E-state index is 11.7. The fourth-order valence-corrected chi connectivity index (χ4v) is 3.47. The van der Waals surface area contributed by atoms with Gasteiger partial charge in [-0.1, -0.05) is 6.92 Å². The van der Waals surface area contributed by atoms with Crippen molar-refractivity contribution in [2.75, 3.05) is 26.9 Å². The summed E-state index contributed by atoms with van der Waals surface area (Å²) in [5.74, 6) is 1.18. The summed E-state index contributed by atoms with van der Waals surface area (Å²) in [4.78, 5) is 24.4. The van der Waals surface area contributed by atoms with E-state index >= 15 is 0 Å². The Morgan fingerprint density at radius 3 is 2.78 bits per heavy atom. The monoisotopic (exact) mass is 442 g/mol. The number of aromatic nitrogens is 3. The number of nitrogens with one attached hydrogen (secondary N) is 2. The average Bonchev–Trinajstić information content (AvgIpc) is 3.21. The maximum Gasteiger partial charge on any atom is 0.407 e. The van der Waals surface area contributed by atoms with E-state index in [0.29, 0.717) is 25.6 Å². The van der Waals surface area contributed by atoms with Crippen molar-refractivity contribution in [2.24, 2.45) is 5.92 Å². The maximum atomic E-state index is 11.7. The first-order valence-electron chi connectivity index (χ1n) is 11.1. The van der Waals surface area contributed by atoms with E-state index in [2.05, 4.69) is 22.2 Å². The van der Waals surface area contributed by atoms with Gasteiger partial charge < -0.3 is 24.5 Å². The number of benzene rings is 1. The minimum Gasteiger partial charge on any atom is -0.493 e. The second-order valence-corrected chi connectivity index (χ2v) is 9.17. The molecule has 1 atom stereocenters. The van der Waals surface area contributed by atoms with Gasteiger partial charge in [-0.25, -0.2) is 9.78 Å². The van der Waals surface area contributed by atoms with Crippen LogP contribution in [-0.2, 0) is 15.9 Å². The predicted molar refractivity (Wildman–Crippen MR) is 125 cm³/mol. The van der Waals surface area contributed by atoms with Crippen molar-refractivity contribution in [2.45, 2.75) is 52.5 Å². The van der Waals surface area contributed by atoms with Crippen LogP contribution in [0.2, 0.25) is 0 Å². The van der Waals surface area contributed by atoms with Gasteiger partial charge in [-0.05, 0) is 51.7 Å². The molecule has 8 heteroatoms. The van der Waals surface area contributed by atoms with Gasteiger partial charge in [-0.2, -0.15) is 0 Å². The lowest BCUT2D eigenvalue weighted by Gasteiger charge is -2.19. The molecule has 8 nitrogen and oxygen atoms in total. The number of imidazole rings is 1. The van der Waals surface area contributed by atoms with Gasteiger partial charge in [0.05, 0.1) is 41.8 Å². The number of hydrogen-bond acceptors (Lipinski definition) is 6. The first-order valence-corrected chi connectivity index (χ1v) is 11.1. The Hall–Kier alpha value is -2.87. The second kappa shape index (κ2) is 10.6. The summed E-state index contributed by atoms with van der Waals surface area (Å²) in [6, 6.07) is 5.86. The Labute approximate surface area is 189 Å². The zero-order valence-electron chi connectivity index (χ0n) is 19.7. The fraction of sp³-hybridized carbons (Fsp3) is 0.542. The Bertz CT molecular complexity index is 1040. The summed E-state index contributed by atoms with van der Waals surface area (Å²) in [5, 5.41) is 3.75. The van der Waals surface area contributed by atoms with Crippen LogP contribution in [-0.4, -0.2) is 53.5 Å². The number of carbonyl (C=O) groups excluding carboxylic acids is 1. The zero-order chi connectivity index (χ0) is 23.1. The lowest BCUT2D eigenvalue weighted by Crippen LogP contribution is -2.41. The number of pyridine rings is 1. The van der Waals surface area contributed by atoms with Crippen molar-refractivity contribution in [3.8, 4) is 5.75 Å². The highest BCUT2D eigenvalue weighted by Crippen LogP contribution is 2.28. The number of hydrogen-bond donors (Lipinski definition) is 2. The lowest BCUT2D eigenvalue weighted by atomic mass is 10.00. The second-order valence-electron chi connectivity index (χ2n) is 9.17. The number of methoxy groups -OCH3 is 1. The van der Waals surface area contributed by atoms with E-state index in [1.807, 2.05) is 39.0 Å². The number of alkyl carbamates (subject to hydrolysis) is 1. The number of aromatic amines is 1. The van der Waals surface area contributed by atoms with Crippen LogP contribution in [0.15, 0.2) is 24.5 Å². The predicted octanol–water partition coefficient (Wildman–Crippen LogP) is 4.62. The van der Waals surface area contributed by atoms with Gasteiger partial charge in [-0.15, -0.1) is 0 Å². The molecular formula is C24H34N4O4. The highest BCUT2D eigenvalue weighted by atomic mass is 16.5. The number of rotatable bonds is 10. The fourth-order valence-electron chi connectivity index (χ4n) is 3.47. The molecule has 32 heavy (non-hydrogen) atoms. The molecule has 3 aromatic rings. The van der Waals surface area contributed by atoms with Gasteiger partial charge in [0, 0.05) is 37.1 Å². The average molecular weight is 443 g/mol. The Kier molecular flexibility index (Phi) is 7.90. The highest BCUT2D eigenvalue weighted by molar-refractivity contribution is 6.03. The van der Waals surface area contributed by atoms with E-state index in [0.717, 1.165) is 52.8 Å². The number of H-pyrrole nitrogens is 1. The van der Waals surface area contributed by atoms with E-state index in [1.54, 1.807) is 13.4 Å². The molecule has 2 aromatic heterocycles. The van der Waals surface area contributed by atoms with Gasteiger partial charge in [0.1, 0.15) is 5.75 Å². The van der Waals surface area contributed by atoms with Gasteiger partial charge in [0.15, 0.2) is 0 Å². The molecule has 0 aliphatic heterocycles. The van der Waals surface area contributed by atoms with E-state index in [4.69, 9.17) is 19.2 Å². The molecule has 0 bridgehead atoms. The van der Waals surface area contributed by atoms with Crippen molar-refractivity contribution in [3.63, 3.8) is 0 Å². The summed E-state index contributed by atoms with van der Waals surface area (Å²) >= 11 is 0. The van der Waals surface area contributed by atoms with Gasteiger partial charge in [-0.3, -0.25) is 4.98 Å². The van der Waals surface area contributed by atoms with Crippen LogP contribution in [0.5, 0.6) is 5.75 Å². The molecule has 1 unspecified atom stereocenters. The van der Waals surface area contributed by atoms with Crippen LogP contribution < -0.4 is 10.1 Å². The van der Waals surface area contributed by atoms with Gasteiger partial charge in [0.2, 0.25) is 0 Å². The quantitative estimate of drug-likeness (QED) is 0.445. The normalized spacial score (nSPS) is 12.8. The number of ether oxygens (including phenoxy) is 3. The van der Waals surface area contributed by atoms with E-state index < -0.39 is 6.09 Å². The Morgan fingerprint density at radius 2 is 2.03 bits per heavy atom. The lowest BCUT2D eigenvalue weighted by molar-refractivity contribution is 0.130. The molecule has 0 aliphatic carbocycles. The summed E-state index contributed by atoms with van der Waals surface area (Å²) in [6.07, 6.45) is 3.73. The van der Waals surface area contributed by atoms with Crippen LogP contribution in [0.25, 0.3) is 21.9 Å². The van der Waals surface area contributed by atoms with Gasteiger partial charge >= 0.3 is 6.09 Å². The van der Waals surface area contributed by atoms with Crippen molar-refractivity contribution in [1.29, 1.82) is 0 Å². The zero-order valence-corrected chi connectivity index (χ0v) is 19.7. The standard InChI is InChI=1S/C24H34N4O4/c1-16(9-12-30-5)13-20-22-21(25-15-26-22)18-8-7-17(14-19(18)27-20)31-10-6-11-32-23(29)28-24(2,3)4/h7-8,14-16H,6,9-13H2,1-5H3,(H,25,26)(H,28,29). The third-order valence-electron chi connectivity index (χ3n) is 5.03. The van der Waals surface area contributed by atoms with E-state index in [-0.39, 0.29) is 5.54 Å². The van der Waals surface area contributed by atoms with Crippen LogP contribution in [0.3, 0.4) is 0 Å². The smallest absolute Gasteiger partial charge is 0.407 e. The molecule has 1 amide bonds. The molecule has 1 aromatic carbocycles. The topological polar surface area (TPSA) is 98.4 Å². The summed E-state index contributed by atoms with van der Waals surface area (Å²) in [6.45, 7) is 9.41. The van der Waals surface area contributed by atoms with Crippen molar-refractivity contribution >= 4 is 28.0 Å². The largest absolute Gasteiger partial charge is 0.493 e. The molecular weight excluding hydrogens is 408 g/mol. The number of nitrogens with zero attached hydrogens (tertiary/aromatic N) is 2. The molecule has 0 aliphatic rings. The first kappa shape index (κ1) is 23.8. The first-order chi connectivity index (χ1) is 15.3. The number of carbonyl (C=O) groups is 1. The summed E-state index contributed by atoms with van der Waals surface area (Å²) in [5.41, 5.74) is 3.46. The third kappa shape index (κ3) is 6.56. The van der Waals surface area contributed by atoms with Crippen LogP contribution >= 0.6 is 0 Å². The van der Waals surface area contributed by atoms with Crippen LogP contribution in [0.1, 0.15) is 46.2 Å². The molecule has 0 saturated heterocycles. The molecule has 0 fully saturated rings. The Balaban J connectivity index is 1.63.